The van der Waals surface area contributed by atoms with Crippen LogP contribution in [0.25, 0.3) is 0 Å². The van der Waals surface area contributed by atoms with Crippen molar-refractivity contribution in [3.8, 4) is 0 Å². The summed E-state index contributed by atoms with van der Waals surface area (Å²) in [7, 11) is 0. The lowest BCUT2D eigenvalue weighted by Gasteiger charge is -2.08. The maximum absolute atomic E-state index is 13.0. The zero-order valence-electron chi connectivity index (χ0n) is 8.05. The van der Waals surface area contributed by atoms with E-state index in [0.717, 1.165) is 15.8 Å². The SMILES string of the molecule is Fc1ccc(Nc2ccncc2Br)cc1Br. The molecule has 82 valence electrons. The Hall–Kier alpha value is -0.940. The molecule has 0 aliphatic rings. The van der Waals surface area contributed by atoms with Crippen LogP contribution in [-0.2, 0) is 0 Å². The summed E-state index contributed by atoms with van der Waals surface area (Å²) < 4.78 is 14.3. The van der Waals surface area contributed by atoms with E-state index in [1.807, 2.05) is 6.07 Å². The Labute approximate surface area is 109 Å². The topological polar surface area (TPSA) is 24.9 Å². The molecule has 2 rings (SSSR count). The second kappa shape index (κ2) is 4.93. The molecule has 0 saturated heterocycles. The molecule has 0 saturated carbocycles. The normalized spacial score (nSPS) is 10.2. The number of benzene rings is 1. The molecular weight excluding hydrogens is 339 g/mol. The predicted octanol–water partition coefficient (Wildman–Crippen LogP) is 4.49. The second-order valence-electron chi connectivity index (χ2n) is 3.11. The van der Waals surface area contributed by atoms with Gasteiger partial charge >= 0.3 is 0 Å². The monoisotopic (exact) mass is 344 g/mol. The summed E-state index contributed by atoms with van der Waals surface area (Å²) in [4.78, 5) is 3.96. The van der Waals surface area contributed by atoms with Crippen LogP contribution in [-0.4, -0.2) is 4.98 Å². The largest absolute Gasteiger partial charge is 0.354 e. The van der Waals surface area contributed by atoms with E-state index in [2.05, 4.69) is 42.2 Å². The Kier molecular flexibility index (Phi) is 3.56. The van der Waals surface area contributed by atoms with Crippen LogP contribution in [0.4, 0.5) is 15.8 Å². The molecule has 0 unspecified atom stereocenters. The number of nitrogens with zero attached hydrogens (tertiary/aromatic N) is 1. The molecule has 2 nitrogen and oxygen atoms in total. The van der Waals surface area contributed by atoms with Gasteiger partial charge in [0.2, 0.25) is 0 Å². The van der Waals surface area contributed by atoms with Crippen LogP contribution in [0.1, 0.15) is 0 Å². The highest BCUT2D eigenvalue weighted by Crippen LogP contribution is 2.26. The number of anilines is 2. The predicted molar refractivity (Wildman–Crippen MR) is 69.3 cm³/mol. The number of aromatic nitrogens is 1. The fraction of sp³-hybridized carbons (Fsp3) is 0. The molecular formula is C11H7Br2FN2. The zero-order valence-corrected chi connectivity index (χ0v) is 11.2. The van der Waals surface area contributed by atoms with Crippen LogP contribution >= 0.6 is 31.9 Å². The van der Waals surface area contributed by atoms with E-state index in [4.69, 9.17) is 0 Å². The summed E-state index contributed by atoms with van der Waals surface area (Å²) in [5, 5.41) is 3.16. The van der Waals surface area contributed by atoms with Crippen molar-refractivity contribution in [2.75, 3.05) is 5.32 Å². The fourth-order valence-electron chi connectivity index (χ4n) is 1.21. The van der Waals surface area contributed by atoms with Crippen molar-refractivity contribution in [3.63, 3.8) is 0 Å². The third-order valence-electron chi connectivity index (χ3n) is 1.97. The van der Waals surface area contributed by atoms with E-state index in [9.17, 15) is 4.39 Å². The third kappa shape index (κ3) is 2.59. The Balaban J connectivity index is 2.28. The molecule has 16 heavy (non-hydrogen) atoms. The molecule has 1 heterocycles. The van der Waals surface area contributed by atoms with Gasteiger partial charge in [-0.25, -0.2) is 4.39 Å². The van der Waals surface area contributed by atoms with Crippen molar-refractivity contribution >= 4 is 43.2 Å². The molecule has 0 amide bonds. The lowest BCUT2D eigenvalue weighted by atomic mass is 10.3. The molecule has 0 spiro atoms. The molecule has 0 aliphatic heterocycles. The Morgan fingerprint density at radius 2 is 1.94 bits per heavy atom. The standard InChI is InChI=1S/C11H7Br2FN2/c12-8-5-7(1-2-10(8)14)16-11-3-4-15-6-9(11)13/h1-6H,(H,15,16). The number of pyridine rings is 1. The maximum Gasteiger partial charge on any atom is 0.137 e. The summed E-state index contributed by atoms with van der Waals surface area (Å²) in [6.45, 7) is 0. The zero-order chi connectivity index (χ0) is 11.5. The first-order valence-corrected chi connectivity index (χ1v) is 6.07. The highest BCUT2D eigenvalue weighted by Gasteiger charge is 2.02. The minimum atomic E-state index is -0.278. The number of rotatable bonds is 2. The first kappa shape index (κ1) is 11.5. The summed E-state index contributed by atoms with van der Waals surface area (Å²) in [5.74, 6) is -0.278. The second-order valence-corrected chi connectivity index (χ2v) is 4.82. The lowest BCUT2D eigenvalue weighted by Crippen LogP contribution is -1.92. The van der Waals surface area contributed by atoms with Crippen molar-refractivity contribution in [2.24, 2.45) is 0 Å². The van der Waals surface area contributed by atoms with Gasteiger partial charge in [0, 0.05) is 18.1 Å². The molecule has 0 bridgehead atoms. The van der Waals surface area contributed by atoms with Crippen LogP contribution in [0.2, 0.25) is 0 Å². The van der Waals surface area contributed by atoms with Gasteiger partial charge < -0.3 is 5.32 Å². The van der Waals surface area contributed by atoms with Crippen LogP contribution in [0.3, 0.4) is 0 Å². The average Bonchev–Trinajstić information content (AvgIpc) is 2.27. The quantitative estimate of drug-likeness (QED) is 0.867. The number of halogens is 3. The Morgan fingerprint density at radius 1 is 1.12 bits per heavy atom. The molecule has 0 fully saturated rings. The summed E-state index contributed by atoms with van der Waals surface area (Å²) in [5.41, 5.74) is 1.69. The number of hydrogen-bond donors (Lipinski definition) is 1. The fourth-order valence-corrected chi connectivity index (χ4v) is 1.93. The van der Waals surface area contributed by atoms with Gasteiger partial charge in [-0.3, -0.25) is 4.98 Å². The van der Waals surface area contributed by atoms with Crippen molar-refractivity contribution in [1.82, 2.24) is 4.98 Å². The van der Waals surface area contributed by atoms with E-state index in [0.29, 0.717) is 4.47 Å². The first-order chi connectivity index (χ1) is 7.66. The highest BCUT2D eigenvalue weighted by molar-refractivity contribution is 9.10. The Morgan fingerprint density at radius 3 is 2.62 bits per heavy atom. The van der Waals surface area contributed by atoms with Crippen LogP contribution in [0.5, 0.6) is 0 Å². The van der Waals surface area contributed by atoms with Gasteiger partial charge in [-0.15, -0.1) is 0 Å². The van der Waals surface area contributed by atoms with Gasteiger partial charge in [0.25, 0.3) is 0 Å². The van der Waals surface area contributed by atoms with Gasteiger partial charge in [0.05, 0.1) is 14.6 Å². The minimum Gasteiger partial charge on any atom is -0.354 e. The van der Waals surface area contributed by atoms with Crippen LogP contribution in [0, 0.1) is 5.82 Å². The molecule has 5 heteroatoms. The molecule has 0 aliphatic carbocycles. The van der Waals surface area contributed by atoms with Gasteiger partial charge in [-0.2, -0.15) is 0 Å². The van der Waals surface area contributed by atoms with Crippen molar-refractivity contribution < 1.29 is 4.39 Å². The first-order valence-electron chi connectivity index (χ1n) is 4.48. The molecule has 0 radical (unpaired) electrons. The van der Waals surface area contributed by atoms with E-state index in [1.165, 1.54) is 6.07 Å². The number of nitrogens with one attached hydrogen (secondary N) is 1. The maximum atomic E-state index is 13.0. The number of hydrogen-bond acceptors (Lipinski definition) is 2. The molecule has 1 aromatic heterocycles. The highest BCUT2D eigenvalue weighted by atomic mass is 79.9. The van der Waals surface area contributed by atoms with Gasteiger partial charge in [0.15, 0.2) is 0 Å². The van der Waals surface area contributed by atoms with E-state index < -0.39 is 0 Å². The smallest absolute Gasteiger partial charge is 0.137 e. The van der Waals surface area contributed by atoms with Gasteiger partial charge in [-0.05, 0) is 56.1 Å². The Bertz CT molecular complexity index is 517. The van der Waals surface area contributed by atoms with Crippen LogP contribution in [0.15, 0.2) is 45.6 Å². The molecule has 0 atom stereocenters. The van der Waals surface area contributed by atoms with Crippen LogP contribution < -0.4 is 5.32 Å². The van der Waals surface area contributed by atoms with E-state index >= 15 is 0 Å². The van der Waals surface area contributed by atoms with Gasteiger partial charge in [0.1, 0.15) is 5.82 Å². The average molecular weight is 346 g/mol. The van der Waals surface area contributed by atoms with E-state index in [1.54, 1.807) is 24.5 Å². The molecule has 2 aromatic rings. The van der Waals surface area contributed by atoms with Gasteiger partial charge in [-0.1, -0.05) is 0 Å². The van der Waals surface area contributed by atoms with Crippen molar-refractivity contribution in [1.29, 1.82) is 0 Å². The lowest BCUT2D eigenvalue weighted by molar-refractivity contribution is 0.621. The minimum absolute atomic E-state index is 0.278. The van der Waals surface area contributed by atoms with E-state index in [-0.39, 0.29) is 5.82 Å². The summed E-state index contributed by atoms with van der Waals surface area (Å²) in [6, 6.07) is 6.60. The summed E-state index contributed by atoms with van der Waals surface area (Å²) in [6.07, 6.45) is 3.38. The molecule has 1 aromatic carbocycles. The van der Waals surface area contributed by atoms with Crippen molar-refractivity contribution in [2.45, 2.75) is 0 Å². The molecule has 1 N–H and O–H groups in total. The summed E-state index contributed by atoms with van der Waals surface area (Å²) >= 11 is 6.51. The van der Waals surface area contributed by atoms with Crippen molar-refractivity contribution in [3.05, 3.63) is 51.4 Å². The third-order valence-corrected chi connectivity index (χ3v) is 3.21.